The average Bonchev–Trinajstić information content (AvgIpc) is 3.33. The van der Waals surface area contributed by atoms with Gasteiger partial charge in [-0.25, -0.2) is 0 Å². The van der Waals surface area contributed by atoms with Crippen LogP contribution in [0.15, 0.2) is 59.5 Å². The van der Waals surface area contributed by atoms with E-state index in [2.05, 4.69) is 0 Å². The van der Waals surface area contributed by atoms with E-state index in [4.69, 9.17) is 21.1 Å². The van der Waals surface area contributed by atoms with E-state index in [0.717, 1.165) is 10.4 Å². The highest BCUT2D eigenvalue weighted by Gasteiger charge is 2.48. The van der Waals surface area contributed by atoms with E-state index >= 15 is 0 Å². The van der Waals surface area contributed by atoms with Gasteiger partial charge in [-0.3, -0.25) is 14.5 Å². The number of Topliss-reactive ketones (excluding diaryl/α,β-unsaturated/α-hetero) is 1. The number of halogens is 1. The van der Waals surface area contributed by atoms with Gasteiger partial charge >= 0.3 is 0 Å². The number of ketones is 1. The lowest BCUT2D eigenvalue weighted by atomic mass is 9.98. The Bertz CT molecular complexity index is 1230. The predicted molar refractivity (Wildman–Crippen MR) is 125 cm³/mol. The Morgan fingerprint density at radius 3 is 2.31 bits per heavy atom. The Morgan fingerprint density at radius 1 is 1.03 bits per heavy atom. The molecule has 1 aliphatic heterocycles. The number of carbonyl (C=O) groups is 2. The van der Waals surface area contributed by atoms with Crippen molar-refractivity contribution in [2.24, 2.45) is 0 Å². The third-order valence-electron chi connectivity index (χ3n) is 5.36. The number of nitrogens with zero attached hydrogens (tertiary/aromatic N) is 1. The molecular formula is C24H20ClNO5S. The number of rotatable bonds is 5. The summed E-state index contributed by atoms with van der Waals surface area (Å²) < 4.78 is 10.7. The van der Waals surface area contributed by atoms with Crippen LogP contribution in [0.4, 0.5) is 5.69 Å². The molecule has 0 spiro atoms. The van der Waals surface area contributed by atoms with Crippen LogP contribution in [0.2, 0.25) is 5.02 Å². The molecule has 1 fully saturated rings. The first kappa shape index (κ1) is 21.9. The first-order valence-electron chi connectivity index (χ1n) is 9.70. The summed E-state index contributed by atoms with van der Waals surface area (Å²) in [7, 11) is 3.02. The Kier molecular flexibility index (Phi) is 5.95. The number of hydrogen-bond donors (Lipinski definition) is 1. The molecule has 1 aromatic heterocycles. The van der Waals surface area contributed by atoms with Crippen molar-refractivity contribution in [1.82, 2.24) is 0 Å². The molecule has 0 saturated carbocycles. The molecule has 32 heavy (non-hydrogen) atoms. The van der Waals surface area contributed by atoms with Crippen LogP contribution in [0, 0.1) is 6.92 Å². The number of thiophene rings is 1. The number of benzene rings is 2. The molecule has 2 aromatic carbocycles. The van der Waals surface area contributed by atoms with Crippen molar-refractivity contribution < 1.29 is 24.2 Å². The molecule has 1 atom stereocenters. The number of aliphatic hydroxyl groups excluding tert-OH is 1. The second kappa shape index (κ2) is 8.68. The number of aryl methyl sites for hydroxylation is 1. The highest BCUT2D eigenvalue weighted by Crippen LogP contribution is 2.46. The molecule has 1 unspecified atom stereocenters. The van der Waals surface area contributed by atoms with E-state index in [1.165, 1.54) is 30.5 Å². The van der Waals surface area contributed by atoms with Gasteiger partial charge in [0, 0.05) is 27.2 Å². The Hall–Kier alpha value is -3.29. The largest absolute Gasteiger partial charge is 0.507 e. The fourth-order valence-corrected chi connectivity index (χ4v) is 4.90. The standard InChI is InChI=1S/C24H20ClNO5S/c1-13-10-11-32-23(13)20-19(21(27)14-4-6-15(25)7-5-14)22(28)24(29)26(20)16-8-9-17(30-2)18(12-16)31-3/h4-12,20,27H,1-3H3/b21-19-. The van der Waals surface area contributed by atoms with Gasteiger partial charge in [0.15, 0.2) is 11.5 Å². The van der Waals surface area contributed by atoms with Gasteiger partial charge in [0.05, 0.1) is 19.8 Å². The highest BCUT2D eigenvalue weighted by molar-refractivity contribution is 7.10. The Morgan fingerprint density at radius 2 is 1.72 bits per heavy atom. The third kappa shape index (κ3) is 3.63. The minimum Gasteiger partial charge on any atom is -0.507 e. The second-order valence-electron chi connectivity index (χ2n) is 7.18. The number of carbonyl (C=O) groups excluding carboxylic acids is 2. The molecule has 8 heteroatoms. The van der Waals surface area contributed by atoms with E-state index in [0.29, 0.717) is 27.8 Å². The van der Waals surface area contributed by atoms with Crippen molar-refractivity contribution in [3.8, 4) is 11.5 Å². The molecule has 1 N–H and O–H groups in total. The van der Waals surface area contributed by atoms with Crippen LogP contribution in [-0.2, 0) is 9.59 Å². The molecule has 0 radical (unpaired) electrons. The van der Waals surface area contributed by atoms with Gasteiger partial charge in [0.2, 0.25) is 0 Å². The molecule has 164 valence electrons. The summed E-state index contributed by atoms with van der Waals surface area (Å²) in [4.78, 5) is 28.6. The van der Waals surface area contributed by atoms with Gasteiger partial charge in [0.25, 0.3) is 11.7 Å². The van der Waals surface area contributed by atoms with Gasteiger partial charge in [-0.15, -0.1) is 11.3 Å². The van der Waals surface area contributed by atoms with Crippen molar-refractivity contribution in [3.05, 3.63) is 80.5 Å². The van der Waals surface area contributed by atoms with E-state index in [-0.39, 0.29) is 11.3 Å². The van der Waals surface area contributed by atoms with Crippen LogP contribution in [0.1, 0.15) is 22.0 Å². The van der Waals surface area contributed by atoms with Crippen LogP contribution in [0.25, 0.3) is 5.76 Å². The molecule has 2 heterocycles. The number of methoxy groups -OCH3 is 2. The molecule has 0 bridgehead atoms. The normalized spacial score (nSPS) is 17.6. The van der Waals surface area contributed by atoms with E-state index in [1.54, 1.807) is 42.5 Å². The van der Waals surface area contributed by atoms with Crippen LogP contribution >= 0.6 is 22.9 Å². The first-order valence-corrected chi connectivity index (χ1v) is 11.0. The second-order valence-corrected chi connectivity index (χ2v) is 8.57. The first-order chi connectivity index (χ1) is 15.4. The van der Waals surface area contributed by atoms with E-state index < -0.39 is 17.7 Å². The average molecular weight is 470 g/mol. The minimum absolute atomic E-state index is 0.0256. The summed E-state index contributed by atoms with van der Waals surface area (Å²) in [5.74, 6) is -0.819. The zero-order valence-electron chi connectivity index (χ0n) is 17.6. The Labute approximate surface area is 194 Å². The third-order valence-corrected chi connectivity index (χ3v) is 6.68. The number of amides is 1. The molecule has 0 aliphatic carbocycles. The molecule has 6 nitrogen and oxygen atoms in total. The summed E-state index contributed by atoms with van der Waals surface area (Å²) >= 11 is 7.38. The fourth-order valence-electron chi connectivity index (χ4n) is 3.75. The van der Waals surface area contributed by atoms with Crippen molar-refractivity contribution in [2.75, 3.05) is 19.1 Å². The summed E-state index contributed by atoms with van der Waals surface area (Å²) in [6.45, 7) is 1.91. The van der Waals surface area contributed by atoms with Crippen LogP contribution in [0.5, 0.6) is 11.5 Å². The zero-order chi connectivity index (χ0) is 23.0. The quantitative estimate of drug-likeness (QED) is 0.309. The lowest BCUT2D eigenvalue weighted by molar-refractivity contribution is -0.132. The van der Waals surface area contributed by atoms with Gasteiger partial charge in [-0.1, -0.05) is 11.6 Å². The minimum atomic E-state index is -0.788. The summed E-state index contributed by atoms with van der Waals surface area (Å²) in [5.41, 5.74) is 1.80. The van der Waals surface area contributed by atoms with E-state index in [1.807, 2.05) is 18.4 Å². The van der Waals surface area contributed by atoms with E-state index in [9.17, 15) is 14.7 Å². The molecule has 3 aromatic rings. The van der Waals surface area contributed by atoms with Gasteiger partial charge in [-0.05, 0) is 60.3 Å². The number of anilines is 1. The topological polar surface area (TPSA) is 76.1 Å². The van der Waals surface area contributed by atoms with Gasteiger partial charge in [0.1, 0.15) is 11.8 Å². The fraction of sp³-hybridized carbons (Fsp3) is 0.167. The van der Waals surface area contributed by atoms with Gasteiger partial charge in [-0.2, -0.15) is 0 Å². The molecular weight excluding hydrogens is 450 g/mol. The van der Waals surface area contributed by atoms with Crippen molar-refractivity contribution in [3.63, 3.8) is 0 Å². The van der Waals surface area contributed by atoms with Crippen molar-refractivity contribution >= 4 is 46.1 Å². The molecule has 1 amide bonds. The number of aliphatic hydroxyl groups is 1. The Balaban J connectivity index is 1.94. The van der Waals surface area contributed by atoms with Crippen molar-refractivity contribution in [1.29, 1.82) is 0 Å². The number of ether oxygens (including phenoxy) is 2. The molecule has 1 aliphatic rings. The number of hydrogen-bond acceptors (Lipinski definition) is 6. The SMILES string of the molecule is COc1ccc(N2C(=O)C(=O)/C(=C(\O)c3ccc(Cl)cc3)C2c2sccc2C)cc1OC. The molecule has 1 saturated heterocycles. The summed E-state index contributed by atoms with van der Waals surface area (Å²) in [5, 5.41) is 13.5. The summed E-state index contributed by atoms with van der Waals surface area (Å²) in [6, 6.07) is 12.6. The maximum absolute atomic E-state index is 13.2. The van der Waals surface area contributed by atoms with Crippen molar-refractivity contribution in [2.45, 2.75) is 13.0 Å². The lowest BCUT2D eigenvalue weighted by Gasteiger charge is -2.25. The van der Waals surface area contributed by atoms with Gasteiger partial charge < -0.3 is 14.6 Å². The maximum Gasteiger partial charge on any atom is 0.300 e. The van der Waals surface area contributed by atoms with Crippen LogP contribution in [0.3, 0.4) is 0 Å². The highest BCUT2D eigenvalue weighted by atomic mass is 35.5. The zero-order valence-corrected chi connectivity index (χ0v) is 19.2. The van der Waals surface area contributed by atoms with Crippen LogP contribution < -0.4 is 14.4 Å². The predicted octanol–water partition coefficient (Wildman–Crippen LogP) is 5.35. The molecule has 4 rings (SSSR count). The smallest absolute Gasteiger partial charge is 0.300 e. The summed E-state index contributed by atoms with van der Waals surface area (Å²) in [6.07, 6.45) is 0. The maximum atomic E-state index is 13.2. The monoisotopic (exact) mass is 469 g/mol. The lowest BCUT2D eigenvalue weighted by Crippen LogP contribution is -2.29. The van der Waals surface area contributed by atoms with Crippen LogP contribution in [-0.4, -0.2) is 31.0 Å².